The van der Waals surface area contributed by atoms with Crippen LogP contribution < -0.4 is 0 Å². The minimum atomic E-state index is 0.426. The first-order chi connectivity index (χ1) is 10.2. The van der Waals surface area contributed by atoms with E-state index in [2.05, 4.69) is 21.4 Å². The Morgan fingerprint density at radius 2 is 2.19 bits per heavy atom. The molecule has 0 aliphatic carbocycles. The second-order valence-electron chi connectivity index (χ2n) is 4.36. The number of nitrogens with one attached hydrogen (secondary N) is 1. The summed E-state index contributed by atoms with van der Waals surface area (Å²) in [6.45, 7) is 2.04. The highest BCUT2D eigenvalue weighted by Gasteiger charge is 2.11. The van der Waals surface area contributed by atoms with E-state index < -0.39 is 0 Å². The Bertz CT molecular complexity index is 860. The highest BCUT2D eigenvalue weighted by Crippen LogP contribution is 2.26. The number of aryl methyl sites for hydroxylation is 1. The molecule has 21 heavy (non-hydrogen) atoms. The van der Waals surface area contributed by atoms with Crippen LogP contribution in [0.25, 0.3) is 11.4 Å². The predicted octanol–water partition coefficient (Wildman–Crippen LogP) is 4.51. The van der Waals surface area contributed by atoms with Crippen molar-refractivity contribution in [2.75, 3.05) is 0 Å². The van der Waals surface area contributed by atoms with Gasteiger partial charge < -0.3 is 0 Å². The normalized spacial score (nSPS) is 11.3. The van der Waals surface area contributed by atoms with Crippen LogP contribution in [0.2, 0.25) is 5.02 Å². The van der Waals surface area contributed by atoms with E-state index in [-0.39, 0.29) is 0 Å². The maximum absolute atomic E-state index is 6.21. The Morgan fingerprint density at radius 3 is 2.90 bits per heavy atom. The Labute approximate surface area is 135 Å². The van der Waals surface area contributed by atoms with Crippen molar-refractivity contribution in [3.8, 4) is 11.4 Å². The summed E-state index contributed by atoms with van der Waals surface area (Å²) in [6, 6.07) is 9.52. The first-order valence-corrected chi connectivity index (χ1v) is 7.84. The van der Waals surface area contributed by atoms with Crippen molar-refractivity contribution in [2.45, 2.75) is 6.92 Å². The number of benzene rings is 1. The van der Waals surface area contributed by atoms with Gasteiger partial charge in [0.2, 0.25) is 4.77 Å². The molecule has 106 valence electrons. The van der Waals surface area contributed by atoms with Crippen molar-refractivity contribution in [1.29, 1.82) is 0 Å². The molecule has 0 fully saturated rings. The van der Waals surface area contributed by atoms with Crippen LogP contribution in [-0.4, -0.2) is 21.1 Å². The van der Waals surface area contributed by atoms with Crippen LogP contribution in [0.5, 0.6) is 0 Å². The average Bonchev–Trinajstić information content (AvgIpc) is 3.04. The standard InChI is InChI=1S/C14H11ClN4S2/c1-9-6-7-21-12(9)8-16-19-13(17-18-14(19)20)10-4-2-3-5-11(10)15/h2-8H,1H3,(H,18,20)/b16-8-. The molecule has 2 heterocycles. The molecule has 0 aliphatic rings. The Hall–Kier alpha value is -1.76. The minimum absolute atomic E-state index is 0.426. The summed E-state index contributed by atoms with van der Waals surface area (Å²) >= 11 is 13.1. The van der Waals surface area contributed by atoms with Crippen molar-refractivity contribution in [2.24, 2.45) is 5.10 Å². The smallest absolute Gasteiger partial charge is 0.216 e. The number of hydrogen-bond donors (Lipinski definition) is 1. The quantitative estimate of drug-likeness (QED) is 0.565. The molecule has 7 heteroatoms. The molecule has 0 bridgehead atoms. The number of rotatable bonds is 3. The maximum atomic E-state index is 6.21. The van der Waals surface area contributed by atoms with Crippen LogP contribution in [0.4, 0.5) is 0 Å². The van der Waals surface area contributed by atoms with Crippen LogP contribution >= 0.6 is 35.2 Å². The van der Waals surface area contributed by atoms with Crippen molar-refractivity contribution < 1.29 is 0 Å². The van der Waals surface area contributed by atoms with Crippen LogP contribution in [0.15, 0.2) is 40.8 Å². The molecule has 1 aromatic carbocycles. The van der Waals surface area contributed by atoms with E-state index >= 15 is 0 Å². The lowest BCUT2D eigenvalue weighted by atomic mass is 10.2. The molecule has 0 spiro atoms. The van der Waals surface area contributed by atoms with Crippen molar-refractivity contribution in [3.63, 3.8) is 0 Å². The van der Waals surface area contributed by atoms with Crippen molar-refractivity contribution >= 4 is 41.4 Å². The van der Waals surface area contributed by atoms with Gasteiger partial charge in [-0.05, 0) is 48.3 Å². The van der Waals surface area contributed by atoms with Crippen LogP contribution in [0.1, 0.15) is 10.4 Å². The SMILES string of the molecule is Cc1ccsc1/C=N\n1c(-c2ccccc2Cl)n[nH]c1=S. The van der Waals surface area contributed by atoms with Gasteiger partial charge in [0.25, 0.3) is 0 Å². The molecule has 0 saturated heterocycles. The Kier molecular flexibility index (Phi) is 4.01. The lowest BCUT2D eigenvalue weighted by Crippen LogP contribution is -1.95. The summed E-state index contributed by atoms with van der Waals surface area (Å²) in [6.07, 6.45) is 1.78. The molecule has 3 rings (SSSR count). The van der Waals surface area contributed by atoms with Gasteiger partial charge >= 0.3 is 0 Å². The van der Waals surface area contributed by atoms with E-state index in [9.17, 15) is 0 Å². The minimum Gasteiger partial charge on any atom is -0.250 e. The zero-order valence-corrected chi connectivity index (χ0v) is 13.5. The fourth-order valence-corrected chi connectivity index (χ4v) is 3.02. The molecule has 2 aromatic heterocycles. The molecule has 1 N–H and O–H groups in total. The van der Waals surface area contributed by atoms with Crippen LogP contribution in [0.3, 0.4) is 0 Å². The van der Waals surface area contributed by atoms with E-state index in [1.54, 1.807) is 22.2 Å². The lowest BCUT2D eigenvalue weighted by molar-refractivity contribution is 0.872. The van der Waals surface area contributed by atoms with Gasteiger partial charge in [-0.3, -0.25) is 0 Å². The molecule has 0 unspecified atom stereocenters. The number of halogens is 1. The van der Waals surface area contributed by atoms with E-state index in [0.717, 1.165) is 10.4 Å². The van der Waals surface area contributed by atoms with E-state index in [0.29, 0.717) is 15.6 Å². The van der Waals surface area contributed by atoms with Gasteiger partial charge in [-0.1, -0.05) is 23.7 Å². The molecule has 0 atom stereocenters. The molecule has 0 aliphatic heterocycles. The van der Waals surface area contributed by atoms with Gasteiger partial charge in [-0.2, -0.15) is 14.9 Å². The highest BCUT2D eigenvalue weighted by molar-refractivity contribution is 7.71. The predicted molar refractivity (Wildman–Crippen MR) is 89.9 cm³/mol. The second kappa shape index (κ2) is 5.93. The third-order valence-electron chi connectivity index (χ3n) is 2.96. The average molecular weight is 335 g/mol. The van der Waals surface area contributed by atoms with Gasteiger partial charge in [0.15, 0.2) is 5.82 Å². The molecular weight excluding hydrogens is 324 g/mol. The molecule has 0 radical (unpaired) electrons. The number of aromatic amines is 1. The largest absolute Gasteiger partial charge is 0.250 e. The first-order valence-electron chi connectivity index (χ1n) is 6.17. The third kappa shape index (κ3) is 2.83. The van der Waals surface area contributed by atoms with E-state index in [1.807, 2.05) is 36.6 Å². The summed E-state index contributed by atoms with van der Waals surface area (Å²) in [5, 5.41) is 14.0. The Morgan fingerprint density at radius 1 is 1.38 bits per heavy atom. The summed E-state index contributed by atoms with van der Waals surface area (Å²) in [4.78, 5) is 1.09. The van der Waals surface area contributed by atoms with E-state index in [1.165, 1.54) is 5.56 Å². The van der Waals surface area contributed by atoms with Gasteiger partial charge in [0, 0.05) is 5.56 Å². The van der Waals surface area contributed by atoms with Gasteiger partial charge in [-0.25, -0.2) is 5.10 Å². The topological polar surface area (TPSA) is 46.0 Å². The zero-order valence-electron chi connectivity index (χ0n) is 11.1. The highest BCUT2D eigenvalue weighted by atomic mass is 35.5. The summed E-state index contributed by atoms with van der Waals surface area (Å²) in [7, 11) is 0. The maximum Gasteiger partial charge on any atom is 0.216 e. The number of nitrogens with zero attached hydrogens (tertiary/aromatic N) is 3. The number of thiophene rings is 1. The van der Waals surface area contributed by atoms with Gasteiger partial charge in [-0.15, -0.1) is 11.3 Å². The lowest BCUT2D eigenvalue weighted by Gasteiger charge is -2.02. The fraction of sp³-hybridized carbons (Fsp3) is 0.0714. The molecule has 3 aromatic rings. The summed E-state index contributed by atoms with van der Waals surface area (Å²) < 4.78 is 2.01. The van der Waals surface area contributed by atoms with Crippen LogP contribution in [-0.2, 0) is 0 Å². The summed E-state index contributed by atoms with van der Waals surface area (Å²) in [5.74, 6) is 0.594. The molecular formula is C14H11ClN4S2. The molecule has 0 amide bonds. The first kappa shape index (κ1) is 14.2. The van der Waals surface area contributed by atoms with Crippen molar-refractivity contribution in [3.05, 3.63) is 55.9 Å². The fourth-order valence-electron chi connectivity index (χ4n) is 1.84. The summed E-state index contributed by atoms with van der Waals surface area (Å²) in [5.41, 5.74) is 1.96. The van der Waals surface area contributed by atoms with Crippen LogP contribution in [0, 0.1) is 11.7 Å². The molecule has 4 nitrogen and oxygen atoms in total. The Balaban J connectivity index is 2.07. The zero-order chi connectivity index (χ0) is 14.8. The number of H-pyrrole nitrogens is 1. The number of hydrogen-bond acceptors (Lipinski definition) is 4. The van der Waals surface area contributed by atoms with E-state index in [4.69, 9.17) is 23.8 Å². The molecule has 0 saturated carbocycles. The van der Waals surface area contributed by atoms with Gasteiger partial charge in [0.1, 0.15) is 0 Å². The van der Waals surface area contributed by atoms with Crippen molar-refractivity contribution in [1.82, 2.24) is 14.9 Å². The van der Waals surface area contributed by atoms with Gasteiger partial charge in [0.05, 0.1) is 16.1 Å². The third-order valence-corrected chi connectivity index (χ3v) is 4.50. The number of aromatic nitrogens is 3. The second-order valence-corrected chi connectivity index (χ2v) is 6.10. The monoisotopic (exact) mass is 334 g/mol.